The lowest BCUT2D eigenvalue weighted by Gasteiger charge is -2.22. The number of aromatic nitrogens is 1. The van der Waals surface area contributed by atoms with E-state index in [1.807, 2.05) is 11.6 Å². The number of hydrogen-bond donors (Lipinski definition) is 0. The molecule has 2 aliphatic rings. The molecule has 0 unspecified atom stereocenters. The van der Waals surface area contributed by atoms with Crippen molar-refractivity contribution in [3.05, 3.63) is 23.2 Å². The second kappa shape index (κ2) is 6.27. The van der Waals surface area contributed by atoms with Gasteiger partial charge in [-0.25, -0.2) is 4.98 Å². The standard InChI is InChI=1S/C18H27N3OS/c1-13(2)12-14-15(18(14,3)4)16(22)20-7-5-8-21(10-9-20)17-19-6-11-23-17/h6,11-12,14-15H,5,7-10H2,1-4H3/t14-,15+/m1/s1. The summed E-state index contributed by atoms with van der Waals surface area (Å²) in [5.74, 6) is 0.903. The number of hydrogen-bond acceptors (Lipinski definition) is 4. The van der Waals surface area contributed by atoms with Crippen molar-refractivity contribution in [1.82, 2.24) is 9.88 Å². The zero-order valence-corrected chi connectivity index (χ0v) is 15.4. The third-order valence-corrected chi connectivity index (χ3v) is 6.02. The quantitative estimate of drug-likeness (QED) is 0.795. The molecule has 1 aromatic rings. The maximum absolute atomic E-state index is 13.0. The van der Waals surface area contributed by atoms with E-state index < -0.39 is 0 Å². The van der Waals surface area contributed by atoms with Crippen LogP contribution in [0.2, 0.25) is 0 Å². The van der Waals surface area contributed by atoms with Crippen LogP contribution in [0.4, 0.5) is 5.13 Å². The van der Waals surface area contributed by atoms with Crippen LogP contribution in [-0.2, 0) is 4.79 Å². The molecule has 3 rings (SSSR count). The lowest BCUT2D eigenvalue weighted by Crippen LogP contribution is -2.37. The SMILES string of the molecule is CC(C)=C[C@@H]1[C@@H](C(=O)N2CCCN(c3nccs3)CC2)C1(C)C. The fraction of sp³-hybridized carbons (Fsp3) is 0.667. The summed E-state index contributed by atoms with van der Waals surface area (Å²) in [6, 6.07) is 0. The molecule has 0 radical (unpaired) electrons. The highest BCUT2D eigenvalue weighted by Crippen LogP contribution is 2.60. The highest BCUT2D eigenvalue weighted by molar-refractivity contribution is 7.13. The second-order valence-corrected chi connectivity index (χ2v) is 8.42. The van der Waals surface area contributed by atoms with Crippen molar-refractivity contribution in [3.8, 4) is 0 Å². The van der Waals surface area contributed by atoms with Crippen molar-refractivity contribution in [2.45, 2.75) is 34.1 Å². The Bertz CT molecular complexity index is 589. The van der Waals surface area contributed by atoms with Crippen LogP contribution in [-0.4, -0.2) is 42.0 Å². The molecule has 1 aliphatic heterocycles. The molecule has 1 saturated heterocycles. The van der Waals surface area contributed by atoms with Crippen LogP contribution in [0.5, 0.6) is 0 Å². The predicted octanol–water partition coefficient (Wildman–Crippen LogP) is 3.42. The Morgan fingerprint density at radius 3 is 2.74 bits per heavy atom. The van der Waals surface area contributed by atoms with Crippen molar-refractivity contribution in [2.24, 2.45) is 17.3 Å². The Morgan fingerprint density at radius 1 is 1.30 bits per heavy atom. The highest BCUT2D eigenvalue weighted by Gasteiger charge is 2.61. The number of anilines is 1. The fourth-order valence-electron chi connectivity index (χ4n) is 3.72. The normalized spacial score (nSPS) is 26.6. The molecule has 1 aromatic heterocycles. The zero-order chi connectivity index (χ0) is 16.6. The number of thiazole rings is 1. The molecule has 1 saturated carbocycles. The average molecular weight is 334 g/mol. The Morgan fingerprint density at radius 2 is 2.09 bits per heavy atom. The van der Waals surface area contributed by atoms with Crippen LogP contribution in [0, 0.1) is 17.3 Å². The van der Waals surface area contributed by atoms with Crippen LogP contribution >= 0.6 is 11.3 Å². The molecule has 0 spiro atoms. The minimum absolute atomic E-state index is 0.107. The van der Waals surface area contributed by atoms with Gasteiger partial charge in [0, 0.05) is 37.8 Å². The van der Waals surface area contributed by atoms with Crippen molar-refractivity contribution < 1.29 is 4.79 Å². The van der Waals surface area contributed by atoms with E-state index in [0.29, 0.717) is 11.8 Å². The van der Waals surface area contributed by atoms with Crippen molar-refractivity contribution in [3.63, 3.8) is 0 Å². The fourth-order valence-corrected chi connectivity index (χ4v) is 4.41. The van der Waals surface area contributed by atoms with Gasteiger partial charge in [-0.05, 0) is 31.6 Å². The molecule has 23 heavy (non-hydrogen) atoms. The maximum Gasteiger partial charge on any atom is 0.226 e. The predicted molar refractivity (Wildman–Crippen MR) is 95.7 cm³/mol. The van der Waals surface area contributed by atoms with Crippen LogP contribution in [0.3, 0.4) is 0 Å². The van der Waals surface area contributed by atoms with Gasteiger partial charge in [-0.1, -0.05) is 25.5 Å². The Kier molecular flexibility index (Phi) is 4.50. The van der Waals surface area contributed by atoms with Crippen LogP contribution in [0.25, 0.3) is 0 Å². The van der Waals surface area contributed by atoms with Gasteiger partial charge in [0.05, 0.1) is 5.92 Å². The number of amides is 1. The summed E-state index contributed by atoms with van der Waals surface area (Å²) in [6.07, 6.45) is 5.15. The van der Waals surface area contributed by atoms with Gasteiger partial charge < -0.3 is 9.80 Å². The topological polar surface area (TPSA) is 36.4 Å². The smallest absolute Gasteiger partial charge is 0.226 e. The van der Waals surface area contributed by atoms with E-state index in [1.54, 1.807) is 11.3 Å². The van der Waals surface area contributed by atoms with Gasteiger partial charge in [0.1, 0.15) is 0 Å². The minimum Gasteiger partial charge on any atom is -0.346 e. The second-order valence-electron chi connectivity index (χ2n) is 7.55. The van der Waals surface area contributed by atoms with Gasteiger partial charge in [0.25, 0.3) is 0 Å². The van der Waals surface area contributed by atoms with E-state index in [9.17, 15) is 4.79 Å². The summed E-state index contributed by atoms with van der Waals surface area (Å²) < 4.78 is 0. The van der Waals surface area contributed by atoms with E-state index in [2.05, 4.69) is 48.6 Å². The molecule has 5 heteroatoms. The number of allylic oxidation sites excluding steroid dienone is 2. The molecular weight excluding hydrogens is 306 g/mol. The summed E-state index contributed by atoms with van der Waals surface area (Å²) in [4.78, 5) is 21.8. The van der Waals surface area contributed by atoms with Gasteiger partial charge >= 0.3 is 0 Å². The lowest BCUT2D eigenvalue weighted by molar-refractivity contribution is -0.133. The number of nitrogens with zero attached hydrogens (tertiary/aromatic N) is 3. The van der Waals surface area contributed by atoms with E-state index in [1.165, 1.54) is 5.57 Å². The van der Waals surface area contributed by atoms with E-state index >= 15 is 0 Å². The number of carbonyl (C=O) groups excluding carboxylic acids is 1. The third kappa shape index (κ3) is 3.30. The third-order valence-electron chi connectivity index (χ3n) is 5.19. The first-order chi connectivity index (χ1) is 10.9. The Hall–Kier alpha value is -1.36. The maximum atomic E-state index is 13.0. The molecule has 0 bridgehead atoms. The van der Waals surface area contributed by atoms with Gasteiger partial charge in [-0.3, -0.25) is 4.79 Å². The van der Waals surface area contributed by atoms with Crippen LogP contribution in [0.1, 0.15) is 34.1 Å². The van der Waals surface area contributed by atoms with Gasteiger partial charge in [0.15, 0.2) is 5.13 Å². The number of rotatable bonds is 3. The van der Waals surface area contributed by atoms with Crippen molar-refractivity contribution in [2.75, 3.05) is 31.1 Å². The molecule has 0 aromatic carbocycles. The van der Waals surface area contributed by atoms with E-state index in [4.69, 9.17) is 0 Å². The number of carbonyl (C=O) groups is 1. The molecule has 1 aliphatic carbocycles. The van der Waals surface area contributed by atoms with E-state index in [-0.39, 0.29) is 11.3 Å². The van der Waals surface area contributed by atoms with Crippen molar-refractivity contribution in [1.29, 1.82) is 0 Å². The Balaban J connectivity index is 1.64. The average Bonchev–Trinajstić information content (AvgIpc) is 2.81. The first kappa shape index (κ1) is 16.5. The molecule has 2 fully saturated rings. The van der Waals surface area contributed by atoms with Gasteiger partial charge in [0.2, 0.25) is 5.91 Å². The first-order valence-electron chi connectivity index (χ1n) is 8.49. The zero-order valence-electron chi connectivity index (χ0n) is 14.6. The summed E-state index contributed by atoms with van der Waals surface area (Å²) in [6.45, 7) is 12.2. The summed E-state index contributed by atoms with van der Waals surface area (Å²) in [7, 11) is 0. The molecule has 4 nitrogen and oxygen atoms in total. The van der Waals surface area contributed by atoms with E-state index in [0.717, 1.165) is 37.7 Å². The summed E-state index contributed by atoms with van der Waals surface area (Å²) in [5.41, 5.74) is 1.42. The molecule has 2 heterocycles. The minimum atomic E-state index is 0.107. The highest BCUT2D eigenvalue weighted by atomic mass is 32.1. The summed E-state index contributed by atoms with van der Waals surface area (Å²) in [5, 5.41) is 3.09. The molecule has 0 N–H and O–H groups in total. The Labute approximate surface area is 143 Å². The van der Waals surface area contributed by atoms with Gasteiger partial charge in [-0.2, -0.15) is 0 Å². The summed E-state index contributed by atoms with van der Waals surface area (Å²) >= 11 is 1.68. The monoisotopic (exact) mass is 333 g/mol. The molecule has 126 valence electrons. The first-order valence-corrected chi connectivity index (χ1v) is 9.37. The largest absolute Gasteiger partial charge is 0.346 e. The molecule has 2 atom stereocenters. The lowest BCUT2D eigenvalue weighted by atomic mass is 10.1. The van der Waals surface area contributed by atoms with Crippen molar-refractivity contribution >= 4 is 22.4 Å². The molecule has 1 amide bonds. The molecular formula is C18H27N3OS. The van der Waals surface area contributed by atoms with Crippen LogP contribution < -0.4 is 4.90 Å². The van der Waals surface area contributed by atoms with Gasteiger partial charge in [-0.15, -0.1) is 11.3 Å². The van der Waals surface area contributed by atoms with Crippen LogP contribution in [0.15, 0.2) is 23.2 Å².